The third-order valence-corrected chi connectivity index (χ3v) is 4.07. The lowest BCUT2D eigenvalue weighted by atomic mass is 10.2. The first-order valence-corrected chi connectivity index (χ1v) is 7.79. The Kier molecular flexibility index (Phi) is 4.29. The second-order valence-corrected chi connectivity index (χ2v) is 5.73. The Morgan fingerprint density at radius 2 is 1.82 bits per heavy atom. The topological polar surface area (TPSA) is 60.7 Å². The lowest BCUT2D eigenvalue weighted by Gasteiger charge is -2.04. The quantitative estimate of drug-likeness (QED) is 0.535. The van der Waals surface area contributed by atoms with Gasteiger partial charge in [0, 0.05) is 5.56 Å². The minimum Gasteiger partial charge on any atom is -0.293 e. The largest absolute Gasteiger partial charge is 0.293 e. The Labute approximate surface area is 132 Å². The van der Waals surface area contributed by atoms with Gasteiger partial charge in [0.15, 0.2) is 5.78 Å². The van der Waals surface area contributed by atoms with E-state index in [1.54, 1.807) is 4.68 Å². The van der Waals surface area contributed by atoms with Gasteiger partial charge in [-0.2, -0.15) is 4.68 Å². The van der Waals surface area contributed by atoms with Crippen molar-refractivity contribution >= 4 is 17.5 Å². The maximum atomic E-state index is 12.1. The van der Waals surface area contributed by atoms with Gasteiger partial charge in [-0.05, 0) is 29.5 Å². The number of carbonyl (C=O) groups is 1. The van der Waals surface area contributed by atoms with E-state index in [1.165, 1.54) is 17.3 Å². The van der Waals surface area contributed by atoms with Gasteiger partial charge in [-0.3, -0.25) is 4.79 Å². The van der Waals surface area contributed by atoms with E-state index in [9.17, 15) is 4.79 Å². The minimum atomic E-state index is 0.0593. The number of hydrogen-bond donors (Lipinski definition) is 0. The number of aromatic nitrogens is 4. The second-order valence-electron chi connectivity index (χ2n) is 4.79. The summed E-state index contributed by atoms with van der Waals surface area (Å²) in [5.41, 5.74) is 2.75. The second kappa shape index (κ2) is 6.53. The molecule has 0 aliphatic rings. The number of rotatable bonds is 5. The van der Waals surface area contributed by atoms with Crippen LogP contribution in [-0.4, -0.2) is 31.7 Å². The lowest BCUT2D eigenvalue weighted by molar-refractivity contribution is 0.102. The van der Waals surface area contributed by atoms with Crippen LogP contribution in [0.15, 0.2) is 59.8 Å². The number of aryl methyl sites for hydroxylation is 1. The average Bonchev–Trinajstić information content (AvgIpc) is 3.02. The summed E-state index contributed by atoms with van der Waals surface area (Å²) in [7, 11) is 0. The normalized spacial score (nSPS) is 10.6. The summed E-state index contributed by atoms with van der Waals surface area (Å²) in [5.74, 6) is 0.361. The Hall–Kier alpha value is -2.47. The average molecular weight is 310 g/mol. The van der Waals surface area contributed by atoms with Crippen molar-refractivity contribution in [3.63, 3.8) is 0 Å². The van der Waals surface area contributed by atoms with Crippen LogP contribution in [0.4, 0.5) is 0 Å². The fraction of sp³-hybridized carbons (Fsp3) is 0.125. The van der Waals surface area contributed by atoms with Gasteiger partial charge in [0.25, 0.3) is 0 Å². The molecule has 1 aromatic heterocycles. The highest BCUT2D eigenvalue weighted by molar-refractivity contribution is 7.99. The third-order valence-electron chi connectivity index (χ3n) is 3.15. The van der Waals surface area contributed by atoms with E-state index in [0.717, 1.165) is 5.69 Å². The molecule has 2 aromatic carbocycles. The zero-order valence-corrected chi connectivity index (χ0v) is 12.8. The van der Waals surface area contributed by atoms with Gasteiger partial charge in [-0.1, -0.05) is 59.8 Å². The van der Waals surface area contributed by atoms with Crippen LogP contribution in [0.25, 0.3) is 5.69 Å². The molecule has 5 nitrogen and oxygen atoms in total. The van der Waals surface area contributed by atoms with Crippen molar-refractivity contribution in [2.75, 3.05) is 5.75 Å². The molecule has 6 heteroatoms. The predicted octanol–water partition coefficient (Wildman–Crippen LogP) is 2.95. The number of benzene rings is 2. The summed E-state index contributed by atoms with van der Waals surface area (Å²) in [6.07, 6.45) is 0. The third kappa shape index (κ3) is 3.23. The first-order chi connectivity index (χ1) is 10.7. The number of carbonyl (C=O) groups excluding carboxylic acids is 1. The molecule has 0 atom stereocenters. The monoisotopic (exact) mass is 310 g/mol. The van der Waals surface area contributed by atoms with Gasteiger partial charge in [-0.25, -0.2) is 0 Å². The molecule has 1 heterocycles. The van der Waals surface area contributed by atoms with Crippen LogP contribution < -0.4 is 0 Å². The summed E-state index contributed by atoms with van der Waals surface area (Å²) >= 11 is 1.33. The van der Waals surface area contributed by atoms with Gasteiger partial charge in [0.2, 0.25) is 5.16 Å². The number of nitrogens with zero attached hydrogens (tertiary/aromatic N) is 4. The molecule has 0 unspecified atom stereocenters. The van der Waals surface area contributed by atoms with Gasteiger partial charge in [0.1, 0.15) is 0 Å². The molecule has 3 aromatic rings. The molecule has 0 N–H and O–H groups in total. The number of thioether (sulfide) groups is 1. The number of tetrazole rings is 1. The van der Waals surface area contributed by atoms with Crippen molar-refractivity contribution in [3.8, 4) is 5.69 Å². The molecule has 0 bridgehead atoms. The molecule has 0 saturated carbocycles. The van der Waals surface area contributed by atoms with Crippen LogP contribution in [0.2, 0.25) is 0 Å². The maximum absolute atomic E-state index is 12.1. The Balaban J connectivity index is 1.73. The molecular weight excluding hydrogens is 296 g/mol. The van der Waals surface area contributed by atoms with Crippen molar-refractivity contribution in [2.24, 2.45) is 0 Å². The van der Waals surface area contributed by atoms with E-state index >= 15 is 0 Å². The van der Waals surface area contributed by atoms with E-state index < -0.39 is 0 Å². The minimum absolute atomic E-state index is 0.0593. The number of ketones is 1. The molecule has 0 aliphatic carbocycles. The fourth-order valence-corrected chi connectivity index (χ4v) is 2.74. The fourth-order valence-electron chi connectivity index (χ4n) is 1.95. The molecule has 0 amide bonds. The van der Waals surface area contributed by atoms with Gasteiger partial charge >= 0.3 is 0 Å². The summed E-state index contributed by atoms with van der Waals surface area (Å²) < 4.78 is 1.64. The van der Waals surface area contributed by atoms with Crippen molar-refractivity contribution in [3.05, 3.63) is 65.7 Å². The Morgan fingerprint density at radius 1 is 1.09 bits per heavy atom. The molecule has 22 heavy (non-hydrogen) atoms. The molecule has 3 rings (SSSR count). The molecule has 0 spiro atoms. The van der Waals surface area contributed by atoms with Crippen LogP contribution >= 0.6 is 11.8 Å². The Bertz CT molecular complexity index is 768. The summed E-state index contributed by atoms with van der Waals surface area (Å²) in [6.45, 7) is 2.03. The molecular formula is C16H14N4OS. The highest BCUT2D eigenvalue weighted by atomic mass is 32.2. The van der Waals surface area contributed by atoms with Crippen molar-refractivity contribution in [1.29, 1.82) is 0 Å². The Morgan fingerprint density at radius 3 is 2.55 bits per heavy atom. The van der Waals surface area contributed by atoms with Crippen LogP contribution in [0, 0.1) is 6.92 Å². The lowest BCUT2D eigenvalue weighted by Crippen LogP contribution is -2.04. The van der Waals surface area contributed by atoms with E-state index in [0.29, 0.717) is 16.5 Å². The summed E-state index contributed by atoms with van der Waals surface area (Å²) in [4.78, 5) is 12.1. The van der Waals surface area contributed by atoms with Gasteiger partial charge in [0.05, 0.1) is 11.4 Å². The smallest absolute Gasteiger partial charge is 0.214 e. The van der Waals surface area contributed by atoms with E-state index in [4.69, 9.17) is 0 Å². The van der Waals surface area contributed by atoms with Gasteiger partial charge < -0.3 is 0 Å². The highest BCUT2D eigenvalue weighted by Gasteiger charge is 2.12. The first-order valence-electron chi connectivity index (χ1n) is 6.80. The molecule has 0 radical (unpaired) electrons. The standard InChI is InChI=1S/C16H14N4OS/c1-12-7-9-14(10-8-12)20-16(17-18-19-20)22-11-15(21)13-5-3-2-4-6-13/h2-10H,11H2,1H3. The van der Waals surface area contributed by atoms with Crippen molar-refractivity contribution < 1.29 is 4.79 Å². The molecule has 0 aliphatic heterocycles. The summed E-state index contributed by atoms with van der Waals surface area (Å²) in [5, 5.41) is 12.3. The van der Waals surface area contributed by atoms with Crippen LogP contribution in [0.1, 0.15) is 15.9 Å². The highest BCUT2D eigenvalue weighted by Crippen LogP contribution is 2.19. The van der Waals surface area contributed by atoms with Crippen LogP contribution in [-0.2, 0) is 0 Å². The predicted molar refractivity (Wildman–Crippen MR) is 85.4 cm³/mol. The van der Waals surface area contributed by atoms with E-state index in [1.807, 2.05) is 61.5 Å². The maximum Gasteiger partial charge on any atom is 0.214 e. The number of Topliss-reactive ketones (excluding diaryl/α,β-unsaturated/α-hetero) is 1. The number of hydrogen-bond acceptors (Lipinski definition) is 5. The van der Waals surface area contributed by atoms with Crippen LogP contribution in [0.5, 0.6) is 0 Å². The van der Waals surface area contributed by atoms with Crippen molar-refractivity contribution in [2.45, 2.75) is 12.1 Å². The molecule has 0 fully saturated rings. The van der Waals surface area contributed by atoms with E-state index in [2.05, 4.69) is 15.5 Å². The first kappa shape index (κ1) is 14.5. The van der Waals surface area contributed by atoms with E-state index in [-0.39, 0.29) is 5.78 Å². The summed E-state index contributed by atoms with van der Waals surface area (Å²) in [6, 6.07) is 17.1. The zero-order chi connectivity index (χ0) is 15.4. The molecule has 0 saturated heterocycles. The van der Waals surface area contributed by atoms with Gasteiger partial charge in [-0.15, -0.1) is 5.10 Å². The SMILES string of the molecule is Cc1ccc(-n2nnnc2SCC(=O)c2ccccc2)cc1. The van der Waals surface area contributed by atoms with Crippen molar-refractivity contribution in [1.82, 2.24) is 20.2 Å². The zero-order valence-electron chi connectivity index (χ0n) is 12.0. The van der Waals surface area contributed by atoms with Crippen LogP contribution in [0.3, 0.4) is 0 Å². The molecule has 110 valence electrons.